The molecule has 1 aliphatic carbocycles. The van der Waals surface area contributed by atoms with Crippen LogP contribution in [-0.2, 0) is 0 Å². The predicted octanol–water partition coefficient (Wildman–Crippen LogP) is 2.05. The van der Waals surface area contributed by atoms with Crippen LogP contribution in [0.2, 0.25) is 0 Å². The normalized spacial score (nSPS) is 15.1. The van der Waals surface area contributed by atoms with Gasteiger partial charge in [-0.05, 0) is 39.2 Å². The number of anilines is 1. The van der Waals surface area contributed by atoms with E-state index in [1.165, 1.54) is 18.4 Å². The maximum atomic E-state index is 5.87. The molecule has 94 valence electrons. The molecule has 1 aliphatic rings. The van der Waals surface area contributed by atoms with Crippen molar-refractivity contribution in [3.63, 3.8) is 0 Å². The van der Waals surface area contributed by atoms with Gasteiger partial charge in [-0.15, -0.1) is 0 Å². The average molecular weight is 243 g/mol. The van der Waals surface area contributed by atoms with Gasteiger partial charge in [-0.1, -0.05) is 0 Å². The van der Waals surface area contributed by atoms with Crippen LogP contribution in [0.5, 0.6) is 0 Å². The molecule has 0 radical (unpaired) electrons. The predicted molar refractivity (Wildman–Crippen MR) is 69.8 cm³/mol. The van der Waals surface area contributed by atoms with Crippen LogP contribution < -0.4 is 5.73 Å². The third kappa shape index (κ3) is 1.75. The van der Waals surface area contributed by atoms with Crippen LogP contribution in [0, 0.1) is 20.8 Å². The summed E-state index contributed by atoms with van der Waals surface area (Å²) in [6.07, 6.45) is 2.33. The Morgan fingerprint density at radius 2 is 1.94 bits per heavy atom. The molecule has 5 heteroatoms. The van der Waals surface area contributed by atoms with Crippen LogP contribution in [0.4, 0.5) is 5.82 Å². The van der Waals surface area contributed by atoms with Gasteiger partial charge in [-0.25, -0.2) is 14.6 Å². The van der Waals surface area contributed by atoms with Crippen molar-refractivity contribution in [3.05, 3.63) is 28.8 Å². The molecule has 0 atom stereocenters. The fraction of sp³-hybridized carbons (Fsp3) is 0.462. The van der Waals surface area contributed by atoms with Gasteiger partial charge < -0.3 is 5.73 Å². The number of aryl methyl sites for hydroxylation is 1. The van der Waals surface area contributed by atoms with Gasteiger partial charge in [0.05, 0.1) is 5.69 Å². The van der Waals surface area contributed by atoms with Gasteiger partial charge in [0.1, 0.15) is 11.6 Å². The number of rotatable bonds is 2. The third-order valence-corrected chi connectivity index (χ3v) is 3.56. The molecule has 2 N–H and O–H groups in total. The fourth-order valence-electron chi connectivity index (χ4n) is 2.05. The highest BCUT2D eigenvalue weighted by molar-refractivity contribution is 5.40. The minimum atomic E-state index is 0.491. The Labute approximate surface area is 106 Å². The van der Waals surface area contributed by atoms with Crippen LogP contribution in [-0.4, -0.2) is 19.7 Å². The van der Waals surface area contributed by atoms with E-state index in [0.717, 1.165) is 23.0 Å². The van der Waals surface area contributed by atoms with Crippen molar-refractivity contribution >= 4 is 5.82 Å². The number of hydrogen-bond acceptors (Lipinski definition) is 4. The van der Waals surface area contributed by atoms with Gasteiger partial charge in [0.25, 0.3) is 0 Å². The maximum absolute atomic E-state index is 5.87. The molecular formula is C13H17N5. The molecule has 0 saturated heterocycles. The highest BCUT2D eigenvalue weighted by atomic mass is 15.3. The summed E-state index contributed by atoms with van der Waals surface area (Å²) in [4.78, 5) is 8.90. The lowest BCUT2D eigenvalue weighted by atomic mass is 10.2. The Morgan fingerprint density at radius 1 is 1.22 bits per heavy atom. The number of nitrogen functional groups attached to an aromatic ring is 1. The first kappa shape index (κ1) is 11.2. The van der Waals surface area contributed by atoms with Crippen LogP contribution in [0.3, 0.4) is 0 Å². The standard InChI is InChI=1S/C13H17N5/c1-7-8(2)17-18(9(7)3)12-6-11(14)15-13(16-12)10-4-5-10/h6,10H,4-5H2,1-3H3,(H2,14,15,16). The summed E-state index contributed by atoms with van der Waals surface area (Å²) in [5.41, 5.74) is 9.19. The Balaban J connectivity index is 2.12. The topological polar surface area (TPSA) is 69.6 Å². The van der Waals surface area contributed by atoms with Crippen LogP contribution in [0.15, 0.2) is 6.07 Å². The molecule has 0 spiro atoms. The van der Waals surface area contributed by atoms with Crippen LogP contribution in [0.1, 0.15) is 41.5 Å². The second-order valence-electron chi connectivity index (χ2n) is 4.99. The molecular weight excluding hydrogens is 226 g/mol. The number of hydrogen-bond donors (Lipinski definition) is 1. The third-order valence-electron chi connectivity index (χ3n) is 3.56. The van der Waals surface area contributed by atoms with Gasteiger partial charge >= 0.3 is 0 Å². The highest BCUT2D eigenvalue weighted by Gasteiger charge is 2.27. The van der Waals surface area contributed by atoms with E-state index in [0.29, 0.717) is 11.7 Å². The second-order valence-corrected chi connectivity index (χ2v) is 4.99. The van der Waals surface area contributed by atoms with Gasteiger partial charge in [0, 0.05) is 17.7 Å². The van der Waals surface area contributed by atoms with Crippen LogP contribution >= 0.6 is 0 Å². The molecule has 2 aromatic heterocycles. The van der Waals surface area contributed by atoms with Crippen molar-refractivity contribution in [1.82, 2.24) is 19.7 Å². The SMILES string of the molecule is Cc1nn(-c2cc(N)nc(C3CC3)n2)c(C)c1C. The zero-order chi connectivity index (χ0) is 12.9. The Kier molecular flexibility index (Phi) is 2.36. The van der Waals surface area contributed by atoms with E-state index >= 15 is 0 Å². The summed E-state index contributed by atoms with van der Waals surface area (Å²) < 4.78 is 1.86. The van der Waals surface area contributed by atoms with Gasteiger partial charge in [0.2, 0.25) is 0 Å². The monoisotopic (exact) mass is 243 g/mol. The van der Waals surface area contributed by atoms with Crippen LogP contribution in [0.25, 0.3) is 5.82 Å². The number of aromatic nitrogens is 4. The van der Waals surface area contributed by atoms with Crippen molar-refractivity contribution in [1.29, 1.82) is 0 Å². The minimum absolute atomic E-state index is 0.491. The van der Waals surface area contributed by atoms with Gasteiger partial charge in [-0.2, -0.15) is 5.10 Å². The molecule has 18 heavy (non-hydrogen) atoms. The summed E-state index contributed by atoms with van der Waals surface area (Å²) in [5, 5.41) is 4.51. The molecule has 0 bridgehead atoms. The van der Waals surface area contributed by atoms with E-state index in [2.05, 4.69) is 22.0 Å². The van der Waals surface area contributed by atoms with Gasteiger partial charge in [0.15, 0.2) is 5.82 Å². The molecule has 2 heterocycles. The summed E-state index contributed by atoms with van der Waals surface area (Å²) >= 11 is 0. The largest absolute Gasteiger partial charge is 0.384 e. The maximum Gasteiger partial charge on any atom is 0.159 e. The first-order valence-electron chi connectivity index (χ1n) is 6.24. The molecule has 0 aromatic carbocycles. The lowest BCUT2D eigenvalue weighted by Crippen LogP contribution is -2.07. The van der Waals surface area contributed by atoms with Crippen molar-refractivity contribution in [2.45, 2.75) is 39.5 Å². The van der Waals surface area contributed by atoms with Gasteiger partial charge in [-0.3, -0.25) is 0 Å². The minimum Gasteiger partial charge on any atom is -0.384 e. The molecule has 0 amide bonds. The number of nitrogens with two attached hydrogens (primary N) is 1. The van der Waals surface area contributed by atoms with Crippen molar-refractivity contribution < 1.29 is 0 Å². The lowest BCUT2D eigenvalue weighted by Gasteiger charge is -2.07. The molecule has 2 aromatic rings. The van der Waals surface area contributed by atoms with Crippen molar-refractivity contribution in [2.24, 2.45) is 0 Å². The quantitative estimate of drug-likeness (QED) is 0.876. The van der Waals surface area contributed by atoms with E-state index in [1.54, 1.807) is 6.07 Å². The molecule has 0 aliphatic heterocycles. The highest BCUT2D eigenvalue weighted by Crippen LogP contribution is 2.38. The van der Waals surface area contributed by atoms with E-state index in [-0.39, 0.29) is 0 Å². The molecule has 0 unspecified atom stereocenters. The Hall–Kier alpha value is -1.91. The molecule has 1 fully saturated rings. The second kappa shape index (κ2) is 3.80. The Morgan fingerprint density at radius 3 is 2.50 bits per heavy atom. The number of nitrogens with zero attached hydrogens (tertiary/aromatic N) is 4. The summed E-state index contributed by atoms with van der Waals surface area (Å²) in [5.74, 6) is 2.64. The summed E-state index contributed by atoms with van der Waals surface area (Å²) in [7, 11) is 0. The Bertz CT molecular complexity index is 610. The first-order valence-corrected chi connectivity index (χ1v) is 6.24. The fourth-order valence-corrected chi connectivity index (χ4v) is 2.05. The lowest BCUT2D eigenvalue weighted by molar-refractivity contribution is 0.782. The van der Waals surface area contributed by atoms with Crippen molar-refractivity contribution in [2.75, 3.05) is 5.73 Å². The summed E-state index contributed by atoms with van der Waals surface area (Å²) in [6.45, 7) is 6.12. The zero-order valence-corrected chi connectivity index (χ0v) is 10.9. The first-order chi connectivity index (χ1) is 8.56. The van der Waals surface area contributed by atoms with E-state index < -0.39 is 0 Å². The van der Waals surface area contributed by atoms with E-state index in [9.17, 15) is 0 Å². The van der Waals surface area contributed by atoms with E-state index in [1.807, 2.05) is 18.5 Å². The van der Waals surface area contributed by atoms with Crippen molar-refractivity contribution in [3.8, 4) is 5.82 Å². The average Bonchev–Trinajstić information content (AvgIpc) is 3.13. The smallest absolute Gasteiger partial charge is 0.159 e. The molecule has 3 rings (SSSR count). The molecule has 1 saturated carbocycles. The zero-order valence-electron chi connectivity index (χ0n) is 10.9. The summed E-state index contributed by atoms with van der Waals surface area (Å²) in [6, 6.07) is 1.78. The molecule has 5 nitrogen and oxygen atoms in total. The van der Waals surface area contributed by atoms with E-state index in [4.69, 9.17) is 5.73 Å².